The Morgan fingerprint density at radius 2 is 0.303 bits per heavy atom. The quantitative estimate of drug-likeness (QED) is 0.134. The highest BCUT2D eigenvalue weighted by molar-refractivity contribution is 6.77. The fourth-order valence-electron chi connectivity index (χ4n) is 27.2. The highest BCUT2D eigenvalue weighted by atomic mass is 14.8. The number of rotatable bonds is 0. The standard InChI is InChI=1S/C66H18/c1-61-47-37-27-17-12-7-8-10-11-9(7)14-20-18(12)28(27)38-40-30(20)32-22(14)24-16(11)26-25-15(10)23-21-13(8)19(17)29-31(21)41-43-33(23)35(25)45-46-36(26)34(24)44-42(32)52-50(40)62(2,48(38)47)58-57(61)59-63(3,51(41)49(61)39(29)37)53(43)55(45)65(5)56(46)54(44)64(52,4)60(58)66(59,65)6/h1-6H3. The summed E-state index contributed by atoms with van der Waals surface area (Å²) < 4.78 is 0. The molecule has 11 aliphatic rings. The summed E-state index contributed by atoms with van der Waals surface area (Å²) in [5.74, 6) is 0. The van der Waals surface area contributed by atoms with Gasteiger partial charge in [-0.1, -0.05) is 13.8 Å². The summed E-state index contributed by atoms with van der Waals surface area (Å²) in [6, 6.07) is 0. The van der Waals surface area contributed by atoms with Crippen LogP contribution in [0.5, 0.6) is 0 Å². The lowest BCUT2D eigenvalue weighted by atomic mass is 9.38. The highest BCUT2D eigenvalue weighted by Crippen LogP contribution is 2.92. The van der Waals surface area contributed by atoms with Crippen LogP contribution in [0.1, 0.15) is 97.2 Å². The first kappa shape index (κ1) is 25.0. The second kappa shape index (κ2) is 5.16. The minimum Gasteiger partial charge on any atom is -0.0508 e. The van der Waals surface area contributed by atoms with Gasteiger partial charge < -0.3 is 0 Å². The highest BCUT2D eigenvalue weighted by Gasteiger charge is 2.82. The molecule has 0 spiro atoms. The van der Waals surface area contributed by atoms with Crippen LogP contribution in [0.2, 0.25) is 0 Å². The van der Waals surface area contributed by atoms with Crippen molar-refractivity contribution < 1.29 is 0 Å². The van der Waals surface area contributed by atoms with Crippen LogP contribution in [0, 0.1) is 5.41 Å². The van der Waals surface area contributed by atoms with Crippen molar-refractivity contribution >= 4 is 215 Å². The maximum absolute atomic E-state index is 2.92. The molecule has 0 aromatic heterocycles. The average molecular weight is 811 g/mol. The van der Waals surface area contributed by atoms with E-state index in [4.69, 9.17) is 0 Å². The molecule has 0 bridgehead atoms. The molecule has 0 heteroatoms. The summed E-state index contributed by atoms with van der Waals surface area (Å²) in [5.41, 5.74) is 24.2. The van der Waals surface area contributed by atoms with Gasteiger partial charge in [-0.3, -0.25) is 0 Å². The first-order chi connectivity index (χ1) is 32.2. The summed E-state index contributed by atoms with van der Waals surface area (Å²) >= 11 is 0. The van der Waals surface area contributed by atoms with Gasteiger partial charge >= 0.3 is 0 Å². The van der Waals surface area contributed by atoms with Crippen LogP contribution in [-0.4, -0.2) is 0 Å². The molecule has 0 N–H and O–H groups in total. The Morgan fingerprint density at radius 3 is 0.515 bits per heavy atom. The van der Waals surface area contributed by atoms with Gasteiger partial charge in [-0.15, -0.1) is 0 Å². The Balaban J connectivity index is 1.25. The topological polar surface area (TPSA) is 0 Å². The third-order valence-electron chi connectivity index (χ3n) is 27.2. The second-order valence-corrected chi connectivity index (χ2v) is 27.0. The molecule has 0 amide bonds. The van der Waals surface area contributed by atoms with E-state index in [9.17, 15) is 0 Å². The molecule has 0 nitrogen and oxygen atoms in total. The van der Waals surface area contributed by atoms with Crippen LogP contribution in [0.25, 0.3) is 215 Å². The van der Waals surface area contributed by atoms with E-state index in [0.29, 0.717) is 0 Å². The van der Waals surface area contributed by atoms with Crippen molar-refractivity contribution in [3.05, 3.63) is 77.9 Å². The molecule has 0 saturated heterocycles. The molecule has 21 aromatic carbocycles. The molecule has 0 heterocycles. The van der Waals surface area contributed by atoms with E-state index in [-0.39, 0.29) is 32.5 Å². The summed E-state index contributed by atoms with van der Waals surface area (Å²) in [5, 5.41) is 68.0. The zero-order valence-electron chi connectivity index (χ0n) is 36.0. The van der Waals surface area contributed by atoms with Crippen molar-refractivity contribution in [3.63, 3.8) is 0 Å². The van der Waals surface area contributed by atoms with Crippen molar-refractivity contribution in [2.75, 3.05) is 0 Å². The maximum atomic E-state index is 2.92. The molecule has 4 unspecified atom stereocenters. The lowest BCUT2D eigenvalue weighted by Crippen LogP contribution is -2.59. The first-order valence-corrected chi connectivity index (χ1v) is 25.5. The zero-order chi connectivity index (χ0) is 40.2. The monoisotopic (exact) mass is 810 g/mol. The van der Waals surface area contributed by atoms with Crippen molar-refractivity contribution in [1.29, 1.82) is 0 Å². The van der Waals surface area contributed by atoms with Crippen LogP contribution in [-0.2, 0) is 27.1 Å². The molecule has 282 valence electrons. The van der Waals surface area contributed by atoms with Crippen molar-refractivity contribution in [1.82, 2.24) is 0 Å². The fourth-order valence-corrected chi connectivity index (χ4v) is 27.2. The molecule has 11 aliphatic carbocycles. The largest absolute Gasteiger partial charge is 0.0508 e. The van der Waals surface area contributed by atoms with Crippen LogP contribution in [0.15, 0.2) is 22.3 Å². The molecule has 66 heavy (non-hydrogen) atoms. The number of hydrogen-bond acceptors (Lipinski definition) is 0. The molecule has 0 saturated carbocycles. The normalized spacial score (nSPS) is 33.5. The number of benzene rings is 15. The molecule has 32 rings (SSSR count). The van der Waals surface area contributed by atoms with Gasteiger partial charge in [-0.2, -0.15) is 0 Å². The Labute approximate surface area is 365 Å². The first-order valence-electron chi connectivity index (χ1n) is 25.5. The Kier molecular flexibility index (Phi) is 1.96. The molecular formula is C66H18. The van der Waals surface area contributed by atoms with Gasteiger partial charge in [0.05, 0.1) is 0 Å². The molecule has 0 aliphatic heterocycles. The van der Waals surface area contributed by atoms with Crippen LogP contribution in [0.4, 0.5) is 0 Å². The van der Waals surface area contributed by atoms with Crippen molar-refractivity contribution in [2.24, 2.45) is 5.41 Å². The summed E-state index contributed by atoms with van der Waals surface area (Å²) in [7, 11) is 0. The van der Waals surface area contributed by atoms with Crippen molar-refractivity contribution in [2.45, 2.75) is 68.6 Å². The molecule has 0 radical (unpaired) electrons. The van der Waals surface area contributed by atoms with Gasteiger partial charge in [0.25, 0.3) is 0 Å². The van der Waals surface area contributed by atoms with E-state index in [1.54, 1.807) is 271 Å². The smallest absolute Gasteiger partial charge is 0.0446 e. The third-order valence-corrected chi connectivity index (χ3v) is 27.2. The predicted octanol–water partition coefficient (Wildman–Crippen LogP) is 16.4. The predicted molar refractivity (Wildman–Crippen MR) is 272 cm³/mol. The van der Waals surface area contributed by atoms with Crippen LogP contribution < -0.4 is 0 Å². The van der Waals surface area contributed by atoms with E-state index < -0.39 is 0 Å². The van der Waals surface area contributed by atoms with E-state index in [1.165, 1.54) is 0 Å². The van der Waals surface area contributed by atoms with E-state index >= 15 is 0 Å². The molecule has 4 atom stereocenters. The van der Waals surface area contributed by atoms with E-state index in [1.807, 2.05) is 22.3 Å². The number of hydrogen-bond donors (Lipinski definition) is 0. The Bertz CT molecular complexity index is 6320. The average Bonchev–Trinajstić information content (AvgIpc) is 4.17. The van der Waals surface area contributed by atoms with E-state index in [0.717, 1.165) is 0 Å². The van der Waals surface area contributed by atoms with E-state index in [2.05, 4.69) is 41.5 Å². The molecular weight excluding hydrogens is 793 g/mol. The van der Waals surface area contributed by atoms with Crippen molar-refractivity contribution in [3.8, 4) is 0 Å². The van der Waals surface area contributed by atoms with Crippen LogP contribution >= 0.6 is 0 Å². The van der Waals surface area contributed by atoms with Gasteiger partial charge in [0.2, 0.25) is 0 Å². The fraction of sp³-hybridized carbons (Fsp3) is 0.182. The minimum absolute atomic E-state index is 0.163. The van der Waals surface area contributed by atoms with Crippen LogP contribution in [0.3, 0.4) is 0 Å². The lowest BCUT2D eigenvalue weighted by molar-refractivity contribution is 0.217. The number of allylic oxidation sites excluding steroid dienone is 4. The summed E-state index contributed by atoms with van der Waals surface area (Å²) in [4.78, 5) is 0. The lowest BCUT2D eigenvalue weighted by Gasteiger charge is -2.63. The molecule has 0 fully saturated rings. The zero-order valence-corrected chi connectivity index (χ0v) is 36.0. The maximum Gasteiger partial charge on any atom is 0.0446 e. The molecule has 21 aromatic rings. The summed E-state index contributed by atoms with van der Waals surface area (Å²) in [6.45, 7) is 17.3. The van der Waals surface area contributed by atoms with Gasteiger partial charge in [-0.25, -0.2) is 0 Å². The van der Waals surface area contributed by atoms with Gasteiger partial charge in [0.1, 0.15) is 0 Å². The summed E-state index contributed by atoms with van der Waals surface area (Å²) in [6.07, 6.45) is 0. The minimum atomic E-state index is -0.195. The second-order valence-electron chi connectivity index (χ2n) is 27.0. The van der Waals surface area contributed by atoms with Gasteiger partial charge in [0.15, 0.2) is 0 Å². The Hall–Kier alpha value is -7.02. The SMILES string of the molecule is CC12C3=C4C5(C)c6c1c1c7c2c2c8c9c%10c%11c%12c%13c%14c%15c%16c%17c(c5c5c6c6c1c1c%18c7c8c7c8c9c%12c9c%12c%13c%16c%13c%16c%17c5c5c6c1c1c(c%187)c(c89)c(c%12%13)c1c5%16)C%15(C)C4(C)C(=C3C2%10C)C%11%14C. The Morgan fingerprint density at radius 1 is 0.152 bits per heavy atom. The third kappa shape index (κ3) is 1.17. The van der Waals surface area contributed by atoms with Gasteiger partial charge in [-0.05, 0) is 321 Å². The van der Waals surface area contributed by atoms with Gasteiger partial charge in [0, 0.05) is 32.5 Å².